The van der Waals surface area contributed by atoms with Crippen molar-refractivity contribution in [2.75, 3.05) is 20.1 Å². The Labute approximate surface area is 100 Å². The van der Waals surface area contributed by atoms with E-state index in [1.165, 1.54) is 25.2 Å². The predicted molar refractivity (Wildman–Crippen MR) is 69.2 cm³/mol. The molecule has 2 heterocycles. The fourth-order valence-corrected chi connectivity index (χ4v) is 3.29. The SMILES string of the molecule is C=C(CC(C)(C)C)NC1[C@@H]2C[C@H]1CN(C)C2. The highest BCUT2D eigenvalue weighted by molar-refractivity contribution is 5.07. The van der Waals surface area contributed by atoms with Crippen LogP contribution in [0.2, 0.25) is 0 Å². The molecule has 0 radical (unpaired) electrons. The third-order valence-corrected chi connectivity index (χ3v) is 3.83. The van der Waals surface area contributed by atoms with E-state index in [0.717, 1.165) is 18.3 Å². The van der Waals surface area contributed by atoms with Gasteiger partial charge in [-0.05, 0) is 37.1 Å². The van der Waals surface area contributed by atoms with Crippen molar-refractivity contribution in [3.05, 3.63) is 12.3 Å². The highest BCUT2D eigenvalue weighted by Gasteiger charge is 2.45. The molecule has 0 aromatic carbocycles. The molecule has 16 heavy (non-hydrogen) atoms. The minimum absolute atomic E-state index is 0.347. The standard InChI is InChI=1S/C14H26N2/c1-10(7-14(2,3)4)15-13-11-6-12(13)9-16(5)8-11/h11-13,15H,1,6-9H2,2-5H3/t11-,12+,13?. The van der Waals surface area contributed by atoms with Crippen molar-refractivity contribution >= 4 is 0 Å². The van der Waals surface area contributed by atoms with Gasteiger partial charge in [0, 0.05) is 24.8 Å². The quantitative estimate of drug-likeness (QED) is 0.789. The van der Waals surface area contributed by atoms with E-state index in [0.29, 0.717) is 11.5 Å². The minimum atomic E-state index is 0.347. The molecule has 2 bridgehead atoms. The van der Waals surface area contributed by atoms with E-state index in [1.807, 2.05) is 0 Å². The van der Waals surface area contributed by atoms with Crippen molar-refractivity contribution < 1.29 is 0 Å². The van der Waals surface area contributed by atoms with E-state index >= 15 is 0 Å². The molecule has 3 aliphatic rings. The lowest BCUT2D eigenvalue weighted by Crippen LogP contribution is -2.62. The predicted octanol–water partition coefficient (Wildman–Crippen LogP) is 2.48. The first-order valence-electron chi connectivity index (χ1n) is 6.48. The zero-order valence-electron chi connectivity index (χ0n) is 11.2. The van der Waals surface area contributed by atoms with Gasteiger partial charge in [0.1, 0.15) is 0 Å². The van der Waals surface area contributed by atoms with Gasteiger partial charge in [0.25, 0.3) is 0 Å². The summed E-state index contributed by atoms with van der Waals surface area (Å²) >= 11 is 0. The molecule has 0 aromatic rings. The highest BCUT2D eigenvalue weighted by atomic mass is 15.2. The lowest BCUT2D eigenvalue weighted by atomic mass is 9.66. The summed E-state index contributed by atoms with van der Waals surface area (Å²) in [6.07, 6.45) is 2.50. The second kappa shape index (κ2) is 4.06. The fourth-order valence-electron chi connectivity index (χ4n) is 3.29. The molecule has 1 saturated carbocycles. The molecule has 2 saturated heterocycles. The van der Waals surface area contributed by atoms with Gasteiger partial charge in [-0.1, -0.05) is 27.4 Å². The summed E-state index contributed by atoms with van der Waals surface area (Å²) in [7, 11) is 2.24. The average molecular weight is 222 g/mol. The molecule has 1 N–H and O–H groups in total. The maximum absolute atomic E-state index is 4.18. The first-order valence-corrected chi connectivity index (χ1v) is 6.48. The third-order valence-electron chi connectivity index (χ3n) is 3.83. The number of fused-ring (bicyclic) bond motifs is 2. The first kappa shape index (κ1) is 12.0. The maximum Gasteiger partial charge on any atom is 0.0339 e. The number of nitrogens with one attached hydrogen (secondary N) is 1. The Morgan fingerprint density at radius 1 is 1.31 bits per heavy atom. The lowest BCUT2D eigenvalue weighted by Gasteiger charge is -2.53. The number of piperidine rings is 2. The van der Waals surface area contributed by atoms with Crippen LogP contribution in [0, 0.1) is 17.3 Å². The van der Waals surface area contributed by atoms with Gasteiger partial charge in [-0.3, -0.25) is 0 Å². The summed E-state index contributed by atoms with van der Waals surface area (Å²) in [5.74, 6) is 1.72. The van der Waals surface area contributed by atoms with Crippen LogP contribution < -0.4 is 5.32 Å². The molecule has 2 aliphatic heterocycles. The fraction of sp³-hybridized carbons (Fsp3) is 0.857. The van der Waals surface area contributed by atoms with Crippen molar-refractivity contribution in [1.82, 2.24) is 10.2 Å². The molecule has 1 unspecified atom stereocenters. The summed E-state index contributed by atoms with van der Waals surface area (Å²) in [5, 5.41) is 3.67. The van der Waals surface area contributed by atoms with E-state index in [1.54, 1.807) is 0 Å². The van der Waals surface area contributed by atoms with Crippen molar-refractivity contribution in [2.45, 2.75) is 39.7 Å². The Morgan fingerprint density at radius 2 is 1.88 bits per heavy atom. The van der Waals surface area contributed by atoms with Crippen molar-refractivity contribution in [3.8, 4) is 0 Å². The Hall–Kier alpha value is -0.500. The van der Waals surface area contributed by atoms with Gasteiger partial charge in [0.15, 0.2) is 0 Å². The van der Waals surface area contributed by atoms with Gasteiger partial charge in [0.05, 0.1) is 0 Å². The number of allylic oxidation sites excluding steroid dienone is 1. The summed E-state index contributed by atoms with van der Waals surface area (Å²) in [4.78, 5) is 2.46. The molecule has 92 valence electrons. The molecule has 3 atom stereocenters. The first-order chi connectivity index (χ1) is 7.35. The molecule has 1 aliphatic carbocycles. The van der Waals surface area contributed by atoms with E-state index < -0.39 is 0 Å². The summed E-state index contributed by atoms with van der Waals surface area (Å²) in [6, 6.07) is 0.714. The second-order valence-corrected chi connectivity index (χ2v) is 6.99. The molecule has 3 rings (SSSR count). The Morgan fingerprint density at radius 3 is 2.38 bits per heavy atom. The van der Waals surface area contributed by atoms with E-state index in [-0.39, 0.29) is 0 Å². The van der Waals surface area contributed by atoms with E-state index in [4.69, 9.17) is 0 Å². The van der Waals surface area contributed by atoms with Crippen LogP contribution in [0.3, 0.4) is 0 Å². The van der Waals surface area contributed by atoms with Crippen molar-refractivity contribution in [2.24, 2.45) is 17.3 Å². The Bertz CT molecular complexity index is 265. The summed E-state index contributed by atoms with van der Waals surface area (Å²) < 4.78 is 0. The van der Waals surface area contributed by atoms with Crippen molar-refractivity contribution in [3.63, 3.8) is 0 Å². The lowest BCUT2D eigenvalue weighted by molar-refractivity contribution is 0.00175. The molecular formula is C14H26N2. The molecular weight excluding hydrogens is 196 g/mol. The van der Waals surface area contributed by atoms with Crippen molar-refractivity contribution in [1.29, 1.82) is 0 Å². The van der Waals surface area contributed by atoms with Crippen LogP contribution in [0.25, 0.3) is 0 Å². The second-order valence-electron chi connectivity index (χ2n) is 6.99. The van der Waals surface area contributed by atoms with Gasteiger partial charge < -0.3 is 10.2 Å². The molecule has 3 fully saturated rings. The van der Waals surface area contributed by atoms with Crippen LogP contribution in [0.1, 0.15) is 33.6 Å². The van der Waals surface area contributed by atoms with Crippen LogP contribution in [0.4, 0.5) is 0 Å². The monoisotopic (exact) mass is 222 g/mol. The van der Waals surface area contributed by atoms with Crippen LogP contribution in [-0.2, 0) is 0 Å². The zero-order chi connectivity index (χ0) is 11.9. The van der Waals surface area contributed by atoms with Gasteiger partial charge in [0.2, 0.25) is 0 Å². The Kier molecular flexibility index (Phi) is 3.04. The van der Waals surface area contributed by atoms with Crippen LogP contribution in [-0.4, -0.2) is 31.1 Å². The molecule has 0 spiro atoms. The summed E-state index contributed by atoms with van der Waals surface area (Å²) in [6.45, 7) is 13.5. The van der Waals surface area contributed by atoms with Crippen LogP contribution in [0.5, 0.6) is 0 Å². The molecule has 0 aromatic heterocycles. The number of rotatable bonds is 3. The Balaban J connectivity index is 1.81. The normalized spacial score (nSPS) is 34.4. The molecule has 0 amide bonds. The van der Waals surface area contributed by atoms with Crippen LogP contribution in [0.15, 0.2) is 12.3 Å². The number of nitrogens with zero attached hydrogens (tertiary/aromatic N) is 1. The maximum atomic E-state index is 4.18. The molecule has 2 nitrogen and oxygen atoms in total. The summed E-state index contributed by atoms with van der Waals surface area (Å²) in [5.41, 5.74) is 1.58. The minimum Gasteiger partial charge on any atom is -0.385 e. The average Bonchev–Trinajstić information content (AvgIpc) is 2.11. The third kappa shape index (κ3) is 2.60. The van der Waals surface area contributed by atoms with Crippen LogP contribution >= 0.6 is 0 Å². The zero-order valence-corrected chi connectivity index (χ0v) is 11.2. The smallest absolute Gasteiger partial charge is 0.0339 e. The number of hydrogen-bond acceptors (Lipinski definition) is 2. The van der Waals surface area contributed by atoms with Gasteiger partial charge >= 0.3 is 0 Å². The van der Waals surface area contributed by atoms with Gasteiger partial charge in [-0.2, -0.15) is 0 Å². The topological polar surface area (TPSA) is 15.3 Å². The highest BCUT2D eigenvalue weighted by Crippen LogP contribution is 2.40. The van der Waals surface area contributed by atoms with E-state index in [2.05, 4.69) is 44.6 Å². The van der Waals surface area contributed by atoms with E-state index in [9.17, 15) is 0 Å². The largest absolute Gasteiger partial charge is 0.385 e. The van der Waals surface area contributed by atoms with Gasteiger partial charge in [-0.15, -0.1) is 0 Å². The number of hydrogen-bond donors (Lipinski definition) is 1. The molecule has 2 heteroatoms. The van der Waals surface area contributed by atoms with Gasteiger partial charge in [-0.25, -0.2) is 0 Å².